The number of nitrogens with two attached hydrogens (primary N) is 1. The first kappa shape index (κ1) is 32.0. The second-order valence-corrected chi connectivity index (χ2v) is 8.83. The van der Waals surface area contributed by atoms with Crippen LogP contribution in [0, 0.1) is 10.8 Å². The highest BCUT2D eigenvalue weighted by Gasteiger charge is 2.54. The number of hydrogen-bond donors (Lipinski definition) is 2. The number of nitrogen functional groups attached to an aromatic ring is 1. The Kier molecular flexibility index (Phi) is 10.6. The van der Waals surface area contributed by atoms with Gasteiger partial charge in [-0.2, -0.15) is 26.3 Å². The van der Waals surface area contributed by atoms with Gasteiger partial charge in [0.1, 0.15) is 24.8 Å². The summed E-state index contributed by atoms with van der Waals surface area (Å²) < 4.78 is 78.0. The standard InChI is InChI=1S/C21H26N4O3.C4F6O2/c1-21(7-11-25(12-8-21)17-5-9-24-10-6-17)20(26)28-14-13-27-18-4-2-3-16(15-18)19(22)23;5-3(6,7)1(11)2(12)4(8,9)10/h2-6,9-10,15H,7-8,11-14H2,1H3,(H3,22,23);. The van der Waals surface area contributed by atoms with E-state index in [0.29, 0.717) is 11.3 Å². The molecule has 0 unspecified atom stereocenters. The minimum absolute atomic E-state index is 0.0112. The van der Waals surface area contributed by atoms with Gasteiger partial charge in [-0.25, -0.2) is 0 Å². The van der Waals surface area contributed by atoms with Crippen molar-refractivity contribution < 1.29 is 50.2 Å². The van der Waals surface area contributed by atoms with E-state index in [1.54, 1.807) is 36.7 Å². The molecular formula is C25H26F6N4O5. The molecule has 2 aromatic rings. The molecule has 218 valence electrons. The van der Waals surface area contributed by atoms with Crippen LogP contribution >= 0.6 is 0 Å². The maximum atomic E-state index is 12.6. The number of alkyl halides is 6. The second kappa shape index (κ2) is 13.3. The number of anilines is 1. The van der Waals surface area contributed by atoms with Crippen molar-refractivity contribution in [2.24, 2.45) is 11.1 Å². The third-order valence-electron chi connectivity index (χ3n) is 5.84. The van der Waals surface area contributed by atoms with E-state index < -0.39 is 29.3 Å². The zero-order chi connectivity index (χ0) is 30.1. The summed E-state index contributed by atoms with van der Waals surface area (Å²) in [5.41, 5.74) is 6.73. The lowest BCUT2D eigenvalue weighted by molar-refractivity contribution is -0.193. The van der Waals surface area contributed by atoms with E-state index in [1.165, 1.54) is 0 Å². The number of ether oxygens (including phenoxy) is 2. The van der Waals surface area contributed by atoms with E-state index in [1.807, 2.05) is 19.1 Å². The average Bonchev–Trinajstić information content (AvgIpc) is 2.90. The number of benzene rings is 1. The van der Waals surface area contributed by atoms with E-state index in [0.717, 1.165) is 31.6 Å². The van der Waals surface area contributed by atoms with Crippen molar-refractivity contribution in [2.45, 2.75) is 32.1 Å². The van der Waals surface area contributed by atoms with Gasteiger partial charge in [-0.3, -0.25) is 24.8 Å². The van der Waals surface area contributed by atoms with Crippen LogP contribution in [-0.4, -0.2) is 67.0 Å². The Bertz CT molecular complexity index is 1170. The monoisotopic (exact) mass is 576 g/mol. The summed E-state index contributed by atoms with van der Waals surface area (Å²) in [6.45, 7) is 4.03. The Morgan fingerprint density at radius 3 is 2.02 bits per heavy atom. The van der Waals surface area contributed by atoms with Crippen molar-refractivity contribution in [1.29, 1.82) is 5.41 Å². The highest BCUT2D eigenvalue weighted by Crippen LogP contribution is 2.34. The van der Waals surface area contributed by atoms with Crippen LogP contribution in [0.2, 0.25) is 0 Å². The fourth-order valence-corrected chi connectivity index (χ4v) is 3.50. The molecule has 1 aromatic heterocycles. The number of pyridine rings is 1. The molecule has 1 aromatic carbocycles. The number of aromatic nitrogens is 1. The first-order chi connectivity index (χ1) is 18.5. The van der Waals surface area contributed by atoms with Gasteiger partial charge < -0.3 is 20.1 Å². The molecule has 0 bridgehead atoms. The zero-order valence-corrected chi connectivity index (χ0v) is 21.1. The molecule has 1 saturated heterocycles. The van der Waals surface area contributed by atoms with Crippen LogP contribution in [0.4, 0.5) is 32.0 Å². The first-order valence-corrected chi connectivity index (χ1v) is 11.7. The van der Waals surface area contributed by atoms with Gasteiger partial charge in [0, 0.05) is 36.7 Å². The summed E-state index contributed by atoms with van der Waals surface area (Å²) in [5, 5.41) is 7.45. The largest absolute Gasteiger partial charge is 0.490 e. The molecular weight excluding hydrogens is 550 g/mol. The van der Waals surface area contributed by atoms with Crippen LogP contribution in [0.5, 0.6) is 5.75 Å². The van der Waals surface area contributed by atoms with E-state index in [9.17, 15) is 40.7 Å². The van der Waals surface area contributed by atoms with Gasteiger partial charge in [-0.15, -0.1) is 0 Å². The molecule has 0 saturated carbocycles. The Morgan fingerprint density at radius 1 is 0.975 bits per heavy atom. The van der Waals surface area contributed by atoms with Gasteiger partial charge in [0.2, 0.25) is 0 Å². The van der Waals surface area contributed by atoms with Gasteiger partial charge in [0.25, 0.3) is 0 Å². The van der Waals surface area contributed by atoms with E-state index in [-0.39, 0.29) is 25.0 Å². The molecule has 0 atom stereocenters. The van der Waals surface area contributed by atoms with Gasteiger partial charge in [-0.05, 0) is 44.0 Å². The third-order valence-corrected chi connectivity index (χ3v) is 5.84. The summed E-state index contributed by atoms with van der Waals surface area (Å²) in [4.78, 5) is 38.1. The molecule has 0 spiro atoms. The minimum Gasteiger partial charge on any atom is -0.490 e. The summed E-state index contributed by atoms with van der Waals surface area (Å²) in [5.74, 6) is -6.41. The summed E-state index contributed by atoms with van der Waals surface area (Å²) >= 11 is 0. The first-order valence-electron chi connectivity index (χ1n) is 11.7. The fourth-order valence-electron chi connectivity index (χ4n) is 3.50. The number of hydrogen-bond acceptors (Lipinski definition) is 8. The van der Waals surface area contributed by atoms with Crippen molar-refractivity contribution in [3.63, 3.8) is 0 Å². The predicted molar refractivity (Wildman–Crippen MR) is 130 cm³/mol. The van der Waals surface area contributed by atoms with Crippen molar-refractivity contribution in [1.82, 2.24) is 4.98 Å². The van der Waals surface area contributed by atoms with Crippen LogP contribution < -0.4 is 15.4 Å². The van der Waals surface area contributed by atoms with Crippen molar-refractivity contribution in [3.8, 4) is 5.75 Å². The van der Waals surface area contributed by atoms with Crippen LogP contribution in [0.25, 0.3) is 0 Å². The lowest BCUT2D eigenvalue weighted by atomic mass is 9.80. The molecule has 1 aliphatic rings. The number of ketones is 2. The minimum atomic E-state index is -5.77. The summed E-state index contributed by atoms with van der Waals surface area (Å²) in [6, 6.07) is 11.0. The Labute approximate surface area is 224 Å². The lowest BCUT2D eigenvalue weighted by Crippen LogP contribution is -2.43. The molecule has 1 fully saturated rings. The normalized spacial score (nSPS) is 14.8. The molecule has 9 nitrogen and oxygen atoms in total. The average molecular weight is 576 g/mol. The molecule has 40 heavy (non-hydrogen) atoms. The smallest absolute Gasteiger partial charge is 0.458 e. The van der Waals surface area contributed by atoms with Crippen molar-refractivity contribution in [3.05, 3.63) is 54.4 Å². The van der Waals surface area contributed by atoms with Gasteiger partial charge in [0.05, 0.1) is 5.41 Å². The molecule has 0 radical (unpaired) electrons. The topological polar surface area (TPSA) is 136 Å². The van der Waals surface area contributed by atoms with E-state index in [4.69, 9.17) is 20.6 Å². The summed E-state index contributed by atoms with van der Waals surface area (Å²) in [7, 11) is 0. The number of nitrogens with one attached hydrogen (secondary N) is 1. The molecule has 3 rings (SSSR count). The second-order valence-electron chi connectivity index (χ2n) is 8.83. The molecule has 0 aliphatic carbocycles. The Morgan fingerprint density at radius 2 is 1.52 bits per heavy atom. The van der Waals surface area contributed by atoms with Gasteiger partial charge >= 0.3 is 29.9 Å². The SMILES string of the molecule is CC1(C(=O)OCCOc2cccc(C(=N)N)c2)CCN(c2ccncc2)CC1.O=C(C(=O)C(F)(F)F)C(F)(F)F. The lowest BCUT2D eigenvalue weighted by Gasteiger charge is -2.38. The molecule has 3 N–H and O–H groups in total. The highest BCUT2D eigenvalue weighted by molar-refractivity contribution is 6.41. The maximum absolute atomic E-state index is 12.6. The number of halogens is 6. The van der Waals surface area contributed by atoms with Crippen LogP contribution in [0.3, 0.4) is 0 Å². The fraction of sp³-hybridized carbons (Fsp3) is 0.400. The van der Waals surface area contributed by atoms with Crippen LogP contribution in [-0.2, 0) is 19.1 Å². The Balaban J connectivity index is 0.000000395. The van der Waals surface area contributed by atoms with Crippen molar-refractivity contribution in [2.75, 3.05) is 31.2 Å². The zero-order valence-electron chi connectivity index (χ0n) is 21.1. The van der Waals surface area contributed by atoms with Crippen LogP contribution in [0.1, 0.15) is 25.3 Å². The van der Waals surface area contributed by atoms with Gasteiger partial charge in [-0.1, -0.05) is 12.1 Å². The number of carbonyl (C=O) groups excluding carboxylic acids is 3. The number of nitrogens with zero attached hydrogens (tertiary/aromatic N) is 2. The Hall–Kier alpha value is -4.17. The number of piperidine rings is 1. The highest BCUT2D eigenvalue weighted by atomic mass is 19.4. The maximum Gasteiger partial charge on any atom is 0.458 e. The third kappa shape index (κ3) is 9.24. The molecule has 2 heterocycles. The number of carbonyl (C=O) groups is 3. The van der Waals surface area contributed by atoms with E-state index in [2.05, 4.69) is 9.88 Å². The van der Waals surface area contributed by atoms with E-state index >= 15 is 0 Å². The number of esters is 1. The number of Topliss-reactive ketones (excluding diaryl/α,β-unsaturated/α-hetero) is 2. The van der Waals surface area contributed by atoms with Crippen LogP contribution in [0.15, 0.2) is 48.8 Å². The predicted octanol–water partition coefficient (Wildman–Crippen LogP) is 3.84. The number of amidine groups is 1. The number of rotatable bonds is 8. The molecule has 1 aliphatic heterocycles. The van der Waals surface area contributed by atoms with Gasteiger partial charge in [0.15, 0.2) is 0 Å². The molecule has 0 amide bonds. The van der Waals surface area contributed by atoms with Crippen molar-refractivity contribution >= 4 is 29.1 Å². The quantitative estimate of drug-likeness (QED) is 0.121. The summed E-state index contributed by atoms with van der Waals surface area (Å²) in [6.07, 6.45) is -6.49. The molecule has 15 heteroatoms.